The van der Waals surface area contributed by atoms with Crippen molar-refractivity contribution in [3.05, 3.63) is 12.2 Å². The van der Waals surface area contributed by atoms with Crippen LogP contribution >= 0.6 is 0 Å². The van der Waals surface area contributed by atoms with Gasteiger partial charge in [0.05, 0.1) is 12.3 Å². The lowest BCUT2D eigenvalue weighted by molar-refractivity contribution is 0.237. The van der Waals surface area contributed by atoms with Gasteiger partial charge in [0.15, 0.2) is 0 Å². The van der Waals surface area contributed by atoms with Gasteiger partial charge >= 0.3 is 6.03 Å². The van der Waals surface area contributed by atoms with Gasteiger partial charge in [0, 0.05) is 19.6 Å². The quantitative estimate of drug-likeness (QED) is 0.564. The van der Waals surface area contributed by atoms with E-state index in [1.807, 2.05) is 13.8 Å². The second kappa shape index (κ2) is 7.93. The number of amides is 2. The van der Waals surface area contributed by atoms with Crippen LogP contribution in [0.15, 0.2) is 6.33 Å². The van der Waals surface area contributed by atoms with Crippen LogP contribution in [0.5, 0.6) is 0 Å². The van der Waals surface area contributed by atoms with Gasteiger partial charge in [-0.05, 0) is 13.3 Å². The van der Waals surface area contributed by atoms with E-state index in [9.17, 15) is 13.2 Å². The SMILES string of the molecule is CCCn1ncnc1C(C)NC(=O)NCCNS(C)(=O)=O. The van der Waals surface area contributed by atoms with E-state index < -0.39 is 10.0 Å². The Labute approximate surface area is 124 Å². The summed E-state index contributed by atoms with van der Waals surface area (Å²) in [4.78, 5) is 15.8. The van der Waals surface area contributed by atoms with Crippen molar-refractivity contribution in [2.24, 2.45) is 0 Å². The van der Waals surface area contributed by atoms with Gasteiger partial charge in [-0.25, -0.2) is 27.6 Å². The molecule has 0 saturated heterocycles. The van der Waals surface area contributed by atoms with Crippen LogP contribution in [0, 0.1) is 0 Å². The number of carbonyl (C=O) groups is 1. The molecule has 21 heavy (non-hydrogen) atoms. The lowest BCUT2D eigenvalue weighted by atomic mass is 10.3. The van der Waals surface area contributed by atoms with Crippen molar-refractivity contribution in [2.45, 2.75) is 32.9 Å². The molecule has 0 aliphatic heterocycles. The first-order valence-corrected chi connectivity index (χ1v) is 8.59. The zero-order chi connectivity index (χ0) is 15.9. The number of sulfonamides is 1. The van der Waals surface area contributed by atoms with Gasteiger partial charge in [0.1, 0.15) is 12.2 Å². The number of hydrogen-bond acceptors (Lipinski definition) is 5. The highest BCUT2D eigenvalue weighted by Crippen LogP contribution is 2.08. The Balaban J connectivity index is 2.38. The molecule has 1 aromatic rings. The lowest BCUT2D eigenvalue weighted by Crippen LogP contribution is -2.41. The molecule has 0 fully saturated rings. The van der Waals surface area contributed by atoms with E-state index in [-0.39, 0.29) is 25.2 Å². The minimum Gasteiger partial charge on any atom is -0.337 e. The molecule has 1 aromatic heterocycles. The zero-order valence-electron chi connectivity index (χ0n) is 12.5. The second-order valence-electron chi connectivity index (χ2n) is 4.63. The molecule has 0 spiro atoms. The summed E-state index contributed by atoms with van der Waals surface area (Å²) in [5.41, 5.74) is 0. The third kappa shape index (κ3) is 6.54. The first-order chi connectivity index (χ1) is 9.83. The van der Waals surface area contributed by atoms with Crippen LogP contribution in [0.1, 0.15) is 32.1 Å². The van der Waals surface area contributed by atoms with Crippen LogP contribution in [-0.4, -0.2) is 48.6 Å². The fourth-order valence-corrected chi connectivity index (χ4v) is 2.19. The highest BCUT2D eigenvalue weighted by atomic mass is 32.2. The molecule has 0 saturated carbocycles. The molecular weight excluding hydrogens is 296 g/mol. The van der Waals surface area contributed by atoms with E-state index in [2.05, 4.69) is 25.4 Å². The first-order valence-electron chi connectivity index (χ1n) is 6.70. The summed E-state index contributed by atoms with van der Waals surface area (Å²) in [6.45, 7) is 4.93. The predicted octanol–water partition coefficient (Wildman–Crippen LogP) is -0.402. The number of nitrogens with one attached hydrogen (secondary N) is 3. The molecule has 0 radical (unpaired) electrons. The van der Waals surface area contributed by atoms with Crippen molar-refractivity contribution in [1.82, 2.24) is 30.1 Å². The molecule has 0 aromatic carbocycles. The molecule has 0 aliphatic rings. The fourth-order valence-electron chi connectivity index (χ4n) is 1.72. The van der Waals surface area contributed by atoms with E-state index in [0.29, 0.717) is 5.82 Å². The van der Waals surface area contributed by atoms with Gasteiger partial charge < -0.3 is 10.6 Å². The van der Waals surface area contributed by atoms with Gasteiger partial charge in [-0.15, -0.1) is 0 Å². The molecule has 10 heteroatoms. The molecule has 1 atom stereocenters. The van der Waals surface area contributed by atoms with Crippen LogP contribution in [0.4, 0.5) is 4.79 Å². The van der Waals surface area contributed by atoms with Gasteiger partial charge in [-0.2, -0.15) is 5.10 Å². The summed E-state index contributed by atoms with van der Waals surface area (Å²) in [7, 11) is -3.24. The Morgan fingerprint density at radius 2 is 2.14 bits per heavy atom. The van der Waals surface area contributed by atoms with Crippen LogP contribution < -0.4 is 15.4 Å². The van der Waals surface area contributed by atoms with Crippen molar-refractivity contribution < 1.29 is 13.2 Å². The summed E-state index contributed by atoms with van der Waals surface area (Å²) in [5.74, 6) is 0.682. The van der Waals surface area contributed by atoms with E-state index in [4.69, 9.17) is 0 Å². The fraction of sp³-hybridized carbons (Fsp3) is 0.727. The minimum absolute atomic E-state index is 0.145. The maximum atomic E-state index is 11.7. The average molecular weight is 318 g/mol. The van der Waals surface area contributed by atoms with Gasteiger partial charge in [-0.3, -0.25) is 0 Å². The number of aryl methyl sites for hydroxylation is 1. The van der Waals surface area contributed by atoms with Crippen molar-refractivity contribution in [2.75, 3.05) is 19.3 Å². The summed E-state index contributed by atoms with van der Waals surface area (Å²) in [6.07, 6.45) is 3.44. The van der Waals surface area contributed by atoms with Crippen LogP contribution in [0.3, 0.4) is 0 Å². The molecule has 2 amide bonds. The van der Waals surface area contributed by atoms with Crippen molar-refractivity contribution >= 4 is 16.1 Å². The molecule has 0 bridgehead atoms. The summed E-state index contributed by atoms with van der Waals surface area (Å²) in [6, 6.07) is -0.675. The highest BCUT2D eigenvalue weighted by molar-refractivity contribution is 7.88. The Bertz CT molecular complexity index is 556. The summed E-state index contributed by atoms with van der Waals surface area (Å²) in [5, 5.41) is 9.39. The lowest BCUT2D eigenvalue weighted by Gasteiger charge is -2.15. The standard InChI is InChI=1S/C11H22N6O3S/c1-4-7-17-10(13-8-14-17)9(2)16-11(18)12-5-6-15-21(3,19)20/h8-9,15H,4-7H2,1-3H3,(H2,12,16,18). The maximum Gasteiger partial charge on any atom is 0.315 e. The Morgan fingerprint density at radius 1 is 1.43 bits per heavy atom. The van der Waals surface area contributed by atoms with E-state index in [0.717, 1.165) is 19.2 Å². The number of urea groups is 1. The molecule has 3 N–H and O–H groups in total. The summed E-state index contributed by atoms with van der Waals surface area (Å²) >= 11 is 0. The number of aromatic nitrogens is 3. The first kappa shape index (κ1) is 17.4. The third-order valence-electron chi connectivity index (χ3n) is 2.59. The van der Waals surface area contributed by atoms with Gasteiger partial charge in [0.25, 0.3) is 0 Å². The predicted molar refractivity (Wildman–Crippen MR) is 78.1 cm³/mol. The van der Waals surface area contributed by atoms with E-state index in [1.54, 1.807) is 4.68 Å². The van der Waals surface area contributed by atoms with Crippen LogP contribution in [-0.2, 0) is 16.6 Å². The number of hydrogen-bond donors (Lipinski definition) is 3. The van der Waals surface area contributed by atoms with Crippen LogP contribution in [0.25, 0.3) is 0 Å². The average Bonchev–Trinajstić information content (AvgIpc) is 2.82. The van der Waals surface area contributed by atoms with Crippen molar-refractivity contribution in [1.29, 1.82) is 0 Å². The molecule has 0 aliphatic carbocycles. The number of carbonyl (C=O) groups excluding carboxylic acids is 1. The largest absolute Gasteiger partial charge is 0.337 e. The number of rotatable bonds is 8. The van der Waals surface area contributed by atoms with Gasteiger partial charge in [-0.1, -0.05) is 6.92 Å². The van der Waals surface area contributed by atoms with E-state index >= 15 is 0 Å². The normalized spacial score (nSPS) is 12.9. The highest BCUT2D eigenvalue weighted by Gasteiger charge is 2.15. The Morgan fingerprint density at radius 3 is 2.76 bits per heavy atom. The smallest absolute Gasteiger partial charge is 0.315 e. The molecular formula is C11H22N6O3S. The minimum atomic E-state index is -3.24. The zero-order valence-corrected chi connectivity index (χ0v) is 13.3. The molecule has 1 rings (SSSR count). The van der Waals surface area contributed by atoms with E-state index in [1.165, 1.54) is 6.33 Å². The molecule has 120 valence electrons. The van der Waals surface area contributed by atoms with Gasteiger partial charge in [0.2, 0.25) is 10.0 Å². The number of nitrogens with zero attached hydrogens (tertiary/aromatic N) is 3. The second-order valence-corrected chi connectivity index (χ2v) is 6.46. The third-order valence-corrected chi connectivity index (χ3v) is 3.32. The van der Waals surface area contributed by atoms with Crippen molar-refractivity contribution in [3.8, 4) is 0 Å². The van der Waals surface area contributed by atoms with Crippen molar-refractivity contribution in [3.63, 3.8) is 0 Å². The molecule has 9 nitrogen and oxygen atoms in total. The Hall–Kier alpha value is -1.68. The summed E-state index contributed by atoms with van der Waals surface area (Å²) < 4.78 is 25.7. The monoisotopic (exact) mass is 318 g/mol. The molecule has 1 unspecified atom stereocenters. The molecule has 1 heterocycles. The maximum absolute atomic E-state index is 11.7. The Kier molecular flexibility index (Phi) is 6.56. The topological polar surface area (TPSA) is 118 Å². The van der Waals surface area contributed by atoms with Crippen LogP contribution in [0.2, 0.25) is 0 Å².